The molecule has 1 atom stereocenters. The lowest BCUT2D eigenvalue weighted by Gasteiger charge is -2.18. The highest BCUT2D eigenvalue weighted by molar-refractivity contribution is 6.42. The molecule has 0 aliphatic carbocycles. The fourth-order valence-electron chi connectivity index (χ4n) is 2.14. The first-order valence-corrected chi connectivity index (χ1v) is 7.45. The number of benzene rings is 1. The van der Waals surface area contributed by atoms with Crippen molar-refractivity contribution in [3.63, 3.8) is 0 Å². The van der Waals surface area contributed by atoms with Crippen LogP contribution in [0.3, 0.4) is 0 Å². The molecule has 1 aromatic heterocycles. The van der Waals surface area contributed by atoms with Gasteiger partial charge in [0.1, 0.15) is 0 Å². The number of aryl methyl sites for hydroxylation is 1. The van der Waals surface area contributed by atoms with Crippen LogP contribution in [0.4, 0.5) is 0 Å². The molecular weight excluding hydrogens is 291 g/mol. The van der Waals surface area contributed by atoms with Gasteiger partial charge >= 0.3 is 0 Å². The van der Waals surface area contributed by atoms with Gasteiger partial charge in [0.15, 0.2) is 0 Å². The van der Waals surface area contributed by atoms with Gasteiger partial charge in [0, 0.05) is 25.0 Å². The average Bonchev–Trinajstić information content (AvgIpc) is 2.45. The Kier molecular flexibility index (Phi) is 5.41. The van der Waals surface area contributed by atoms with E-state index in [1.165, 1.54) is 11.1 Å². The van der Waals surface area contributed by atoms with Gasteiger partial charge in [-0.25, -0.2) is 0 Å². The van der Waals surface area contributed by atoms with Gasteiger partial charge in [-0.3, -0.25) is 4.98 Å². The molecule has 0 aliphatic rings. The summed E-state index contributed by atoms with van der Waals surface area (Å²) in [6.45, 7) is 5.04. The van der Waals surface area contributed by atoms with Crippen LogP contribution in [0.15, 0.2) is 36.7 Å². The molecule has 0 saturated carbocycles. The van der Waals surface area contributed by atoms with E-state index in [-0.39, 0.29) is 6.04 Å². The predicted molar refractivity (Wildman–Crippen MR) is 85.3 cm³/mol. The quantitative estimate of drug-likeness (QED) is 0.846. The normalized spacial score (nSPS) is 12.4. The maximum absolute atomic E-state index is 6.09. The minimum Gasteiger partial charge on any atom is -0.306 e. The molecule has 0 radical (unpaired) electrons. The zero-order chi connectivity index (χ0) is 14.5. The standard InChI is InChI=1S/C16H18Cl2N2/c1-3-16(12-4-5-14(17)15(18)8-12)20-10-13-9-19-7-6-11(13)2/h4-9,16,20H,3,10H2,1-2H3. The zero-order valence-electron chi connectivity index (χ0n) is 11.7. The van der Waals surface area contributed by atoms with E-state index in [2.05, 4.69) is 24.1 Å². The Morgan fingerprint density at radius 3 is 2.65 bits per heavy atom. The van der Waals surface area contributed by atoms with Crippen molar-refractivity contribution >= 4 is 23.2 Å². The summed E-state index contributed by atoms with van der Waals surface area (Å²) in [5, 5.41) is 4.74. The summed E-state index contributed by atoms with van der Waals surface area (Å²) in [6.07, 6.45) is 4.70. The molecule has 0 saturated heterocycles. The molecule has 0 fully saturated rings. The van der Waals surface area contributed by atoms with Crippen molar-refractivity contribution in [1.82, 2.24) is 10.3 Å². The van der Waals surface area contributed by atoms with Crippen molar-refractivity contribution in [3.05, 3.63) is 63.4 Å². The number of nitrogens with zero attached hydrogens (tertiary/aromatic N) is 1. The summed E-state index contributed by atoms with van der Waals surface area (Å²) < 4.78 is 0. The Morgan fingerprint density at radius 1 is 1.20 bits per heavy atom. The van der Waals surface area contributed by atoms with Gasteiger partial charge in [-0.15, -0.1) is 0 Å². The molecule has 1 N–H and O–H groups in total. The van der Waals surface area contributed by atoms with E-state index in [0.717, 1.165) is 18.5 Å². The van der Waals surface area contributed by atoms with Crippen LogP contribution in [0.1, 0.15) is 36.1 Å². The van der Waals surface area contributed by atoms with Crippen LogP contribution in [0, 0.1) is 6.92 Å². The van der Waals surface area contributed by atoms with Gasteiger partial charge in [-0.2, -0.15) is 0 Å². The molecule has 2 rings (SSSR count). The van der Waals surface area contributed by atoms with E-state index in [1.807, 2.05) is 36.7 Å². The Hall–Kier alpha value is -1.09. The first-order valence-electron chi connectivity index (χ1n) is 6.69. The van der Waals surface area contributed by atoms with Crippen molar-refractivity contribution in [3.8, 4) is 0 Å². The average molecular weight is 309 g/mol. The highest BCUT2D eigenvalue weighted by Gasteiger charge is 2.11. The number of hydrogen-bond acceptors (Lipinski definition) is 2. The summed E-state index contributed by atoms with van der Waals surface area (Å²) in [5.74, 6) is 0. The summed E-state index contributed by atoms with van der Waals surface area (Å²) in [5.41, 5.74) is 3.62. The van der Waals surface area contributed by atoms with Gasteiger partial charge in [0.25, 0.3) is 0 Å². The van der Waals surface area contributed by atoms with Crippen molar-refractivity contribution in [1.29, 1.82) is 0 Å². The second-order valence-electron chi connectivity index (χ2n) is 4.82. The first kappa shape index (κ1) is 15.3. The molecule has 1 unspecified atom stereocenters. The summed E-state index contributed by atoms with van der Waals surface area (Å²) in [6, 6.07) is 8.08. The van der Waals surface area contributed by atoms with E-state index >= 15 is 0 Å². The number of rotatable bonds is 5. The molecule has 4 heteroatoms. The summed E-state index contributed by atoms with van der Waals surface area (Å²) in [4.78, 5) is 4.17. The molecule has 0 aliphatic heterocycles. The third kappa shape index (κ3) is 3.72. The van der Waals surface area contributed by atoms with E-state index in [1.54, 1.807) is 0 Å². The summed E-state index contributed by atoms with van der Waals surface area (Å²) in [7, 11) is 0. The number of aromatic nitrogens is 1. The molecule has 0 spiro atoms. The molecule has 1 heterocycles. The lowest BCUT2D eigenvalue weighted by Crippen LogP contribution is -2.20. The fraction of sp³-hybridized carbons (Fsp3) is 0.312. The van der Waals surface area contributed by atoms with Crippen LogP contribution >= 0.6 is 23.2 Å². The minimum atomic E-state index is 0.254. The van der Waals surface area contributed by atoms with Crippen LogP contribution in [-0.4, -0.2) is 4.98 Å². The molecule has 106 valence electrons. The SMILES string of the molecule is CCC(NCc1cnccc1C)c1ccc(Cl)c(Cl)c1. The largest absolute Gasteiger partial charge is 0.306 e. The Labute approximate surface area is 130 Å². The third-order valence-electron chi connectivity index (χ3n) is 3.44. The Bertz CT molecular complexity index is 584. The molecule has 20 heavy (non-hydrogen) atoms. The van der Waals surface area contributed by atoms with E-state index in [9.17, 15) is 0 Å². The lowest BCUT2D eigenvalue weighted by molar-refractivity contribution is 0.517. The monoisotopic (exact) mass is 308 g/mol. The van der Waals surface area contributed by atoms with E-state index < -0.39 is 0 Å². The van der Waals surface area contributed by atoms with E-state index in [4.69, 9.17) is 23.2 Å². The Morgan fingerprint density at radius 2 is 2.00 bits per heavy atom. The first-order chi connectivity index (χ1) is 9.61. The number of pyridine rings is 1. The second kappa shape index (κ2) is 7.07. The van der Waals surface area contributed by atoms with Gasteiger partial charge in [-0.1, -0.05) is 36.2 Å². The van der Waals surface area contributed by atoms with Gasteiger partial charge in [-0.05, 0) is 48.2 Å². The van der Waals surface area contributed by atoms with Crippen molar-refractivity contribution in [2.75, 3.05) is 0 Å². The van der Waals surface area contributed by atoms with Crippen LogP contribution < -0.4 is 5.32 Å². The zero-order valence-corrected chi connectivity index (χ0v) is 13.2. The van der Waals surface area contributed by atoms with Crippen LogP contribution in [0.5, 0.6) is 0 Å². The van der Waals surface area contributed by atoms with Crippen LogP contribution in [0.25, 0.3) is 0 Å². The second-order valence-corrected chi connectivity index (χ2v) is 5.63. The molecule has 2 nitrogen and oxygen atoms in total. The van der Waals surface area contributed by atoms with Crippen molar-refractivity contribution in [2.24, 2.45) is 0 Å². The van der Waals surface area contributed by atoms with E-state index in [0.29, 0.717) is 10.0 Å². The van der Waals surface area contributed by atoms with Crippen LogP contribution in [0.2, 0.25) is 10.0 Å². The van der Waals surface area contributed by atoms with Crippen molar-refractivity contribution < 1.29 is 0 Å². The van der Waals surface area contributed by atoms with Gasteiger partial charge in [0.2, 0.25) is 0 Å². The smallest absolute Gasteiger partial charge is 0.0595 e. The van der Waals surface area contributed by atoms with Crippen LogP contribution in [-0.2, 0) is 6.54 Å². The maximum Gasteiger partial charge on any atom is 0.0595 e. The lowest BCUT2D eigenvalue weighted by atomic mass is 10.0. The van der Waals surface area contributed by atoms with Gasteiger partial charge < -0.3 is 5.32 Å². The van der Waals surface area contributed by atoms with Crippen molar-refractivity contribution in [2.45, 2.75) is 32.9 Å². The highest BCUT2D eigenvalue weighted by Crippen LogP contribution is 2.27. The number of halogens is 2. The molecule has 0 bridgehead atoms. The molecule has 0 amide bonds. The topological polar surface area (TPSA) is 24.9 Å². The molecular formula is C16H18Cl2N2. The highest BCUT2D eigenvalue weighted by atomic mass is 35.5. The predicted octanol–water partition coefficient (Wildman–Crippen LogP) is 4.94. The number of nitrogens with one attached hydrogen (secondary N) is 1. The molecule has 1 aromatic carbocycles. The fourth-order valence-corrected chi connectivity index (χ4v) is 2.45. The van der Waals surface area contributed by atoms with Gasteiger partial charge in [0.05, 0.1) is 10.0 Å². The summed E-state index contributed by atoms with van der Waals surface area (Å²) >= 11 is 12.0. The number of hydrogen-bond donors (Lipinski definition) is 1. The molecule has 2 aromatic rings. The maximum atomic E-state index is 6.09. The third-order valence-corrected chi connectivity index (χ3v) is 4.18. The minimum absolute atomic E-state index is 0.254. The Balaban J connectivity index is 2.09.